The highest BCUT2D eigenvalue weighted by Gasteiger charge is 2.12. The highest BCUT2D eigenvalue weighted by Crippen LogP contribution is 2.22. The van der Waals surface area contributed by atoms with E-state index in [2.05, 4.69) is 47.3 Å². The van der Waals surface area contributed by atoms with Gasteiger partial charge in [-0.05, 0) is 44.4 Å². The van der Waals surface area contributed by atoms with Gasteiger partial charge in [-0.15, -0.1) is 11.3 Å². The molecule has 0 spiro atoms. The molecule has 0 aromatic carbocycles. The summed E-state index contributed by atoms with van der Waals surface area (Å²) in [5.74, 6) is 0. The second kappa shape index (κ2) is 6.17. The van der Waals surface area contributed by atoms with Crippen molar-refractivity contribution >= 4 is 17.0 Å². The Morgan fingerprint density at radius 3 is 2.53 bits per heavy atom. The van der Waals surface area contributed by atoms with Gasteiger partial charge in [-0.2, -0.15) is 0 Å². The Balaban J connectivity index is 2.19. The van der Waals surface area contributed by atoms with Crippen molar-refractivity contribution < 1.29 is 0 Å². The quantitative estimate of drug-likeness (QED) is 0.907. The average molecular weight is 275 g/mol. The van der Waals surface area contributed by atoms with E-state index < -0.39 is 0 Å². The molecule has 0 saturated heterocycles. The first-order chi connectivity index (χ1) is 9.08. The lowest BCUT2D eigenvalue weighted by Crippen LogP contribution is -2.29. The number of thiophene rings is 1. The normalized spacial score (nSPS) is 12.7. The number of nitrogens with zero attached hydrogens (tertiary/aromatic N) is 2. The lowest BCUT2D eigenvalue weighted by molar-refractivity contribution is 0.683. The second-order valence-corrected chi connectivity index (χ2v) is 6.06. The van der Waals surface area contributed by atoms with Crippen molar-refractivity contribution in [1.82, 2.24) is 4.98 Å². The molecule has 2 aromatic heterocycles. The molecule has 0 unspecified atom stereocenters. The van der Waals surface area contributed by atoms with Crippen LogP contribution in [-0.4, -0.2) is 11.0 Å². The fraction of sp³-hybridized carbons (Fsp3) is 0.400. The van der Waals surface area contributed by atoms with Crippen molar-refractivity contribution in [2.45, 2.75) is 39.4 Å². The first kappa shape index (κ1) is 14.0. The highest BCUT2D eigenvalue weighted by atomic mass is 32.1. The van der Waals surface area contributed by atoms with Crippen LogP contribution < -0.4 is 10.6 Å². The molecule has 0 fully saturated rings. The molecule has 19 heavy (non-hydrogen) atoms. The van der Waals surface area contributed by atoms with E-state index in [4.69, 9.17) is 5.73 Å². The molecule has 0 aliphatic heterocycles. The van der Waals surface area contributed by atoms with Crippen LogP contribution in [0.5, 0.6) is 0 Å². The summed E-state index contributed by atoms with van der Waals surface area (Å²) >= 11 is 1.79. The third-order valence-corrected chi connectivity index (χ3v) is 3.96. The SMILES string of the molecule is CC(C)N(Cc1cccs1)c1ccc([C@@H](C)N)nc1. The van der Waals surface area contributed by atoms with Gasteiger partial charge in [-0.3, -0.25) is 4.98 Å². The largest absolute Gasteiger partial charge is 0.363 e. The molecule has 2 heterocycles. The highest BCUT2D eigenvalue weighted by molar-refractivity contribution is 7.09. The van der Waals surface area contributed by atoms with Crippen LogP contribution in [-0.2, 0) is 6.54 Å². The monoisotopic (exact) mass is 275 g/mol. The molecule has 2 rings (SSSR count). The van der Waals surface area contributed by atoms with Gasteiger partial charge < -0.3 is 10.6 Å². The van der Waals surface area contributed by atoms with Gasteiger partial charge in [0, 0.05) is 17.0 Å². The number of rotatable bonds is 5. The summed E-state index contributed by atoms with van der Waals surface area (Å²) in [6.07, 6.45) is 1.92. The number of aromatic nitrogens is 1. The molecule has 0 radical (unpaired) electrons. The number of anilines is 1. The van der Waals surface area contributed by atoms with E-state index >= 15 is 0 Å². The lowest BCUT2D eigenvalue weighted by Gasteiger charge is -2.28. The Labute approximate surface area is 119 Å². The molecule has 102 valence electrons. The van der Waals surface area contributed by atoms with Gasteiger partial charge in [0.25, 0.3) is 0 Å². The Hall–Kier alpha value is -1.39. The molecule has 2 aromatic rings. The van der Waals surface area contributed by atoms with E-state index in [1.807, 2.05) is 19.2 Å². The van der Waals surface area contributed by atoms with Crippen molar-refractivity contribution in [2.75, 3.05) is 4.90 Å². The summed E-state index contributed by atoms with van der Waals surface area (Å²) in [7, 11) is 0. The van der Waals surface area contributed by atoms with Crippen LogP contribution in [0, 0.1) is 0 Å². The Morgan fingerprint density at radius 2 is 2.05 bits per heavy atom. The van der Waals surface area contributed by atoms with Crippen molar-refractivity contribution in [3.63, 3.8) is 0 Å². The average Bonchev–Trinajstić information content (AvgIpc) is 2.88. The van der Waals surface area contributed by atoms with Gasteiger partial charge in [0.1, 0.15) is 0 Å². The second-order valence-electron chi connectivity index (χ2n) is 5.03. The molecular formula is C15H21N3S. The maximum absolute atomic E-state index is 5.83. The summed E-state index contributed by atoms with van der Waals surface area (Å²) in [4.78, 5) is 8.16. The number of pyridine rings is 1. The van der Waals surface area contributed by atoms with Crippen molar-refractivity contribution in [2.24, 2.45) is 5.73 Å². The van der Waals surface area contributed by atoms with Crippen LogP contribution in [0.2, 0.25) is 0 Å². The minimum Gasteiger partial charge on any atom is -0.363 e. The lowest BCUT2D eigenvalue weighted by atomic mass is 10.2. The number of hydrogen-bond donors (Lipinski definition) is 1. The van der Waals surface area contributed by atoms with Crippen molar-refractivity contribution in [3.8, 4) is 0 Å². The molecule has 1 atom stereocenters. The van der Waals surface area contributed by atoms with E-state index in [0.717, 1.165) is 17.9 Å². The zero-order valence-corrected chi connectivity index (χ0v) is 12.5. The van der Waals surface area contributed by atoms with Gasteiger partial charge in [0.05, 0.1) is 24.1 Å². The van der Waals surface area contributed by atoms with Crippen molar-refractivity contribution in [3.05, 3.63) is 46.4 Å². The third kappa shape index (κ3) is 3.55. The Morgan fingerprint density at radius 1 is 1.26 bits per heavy atom. The van der Waals surface area contributed by atoms with Crippen LogP contribution in [0.15, 0.2) is 35.8 Å². The van der Waals surface area contributed by atoms with Gasteiger partial charge >= 0.3 is 0 Å². The first-order valence-corrected chi connectivity index (χ1v) is 7.46. The van der Waals surface area contributed by atoms with Gasteiger partial charge in [-0.1, -0.05) is 6.07 Å². The van der Waals surface area contributed by atoms with Gasteiger partial charge in [0.15, 0.2) is 0 Å². The molecule has 0 bridgehead atoms. The fourth-order valence-electron chi connectivity index (χ4n) is 1.98. The van der Waals surface area contributed by atoms with Crippen LogP contribution in [0.3, 0.4) is 0 Å². The smallest absolute Gasteiger partial charge is 0.0569 e. The molecular weight excluding hydrogens is 254 g/mol. The number of hydrogen-bond acceptors (Lipinski definition) is 4. The zero-order chi connectivity index (χ0) is 13.8. The summed E-state index contributed by atoms with van der Waals surface area (Å²) < 4.78 is 0. The minimum absolute atomic E-state index is 0.0150. The van der Waals surface area contributed by atoms with Crippen molar-refractivity contribution in [1.29, 1.82) is 0 Å². The molecule has 0 amide bonds. The Kier molecular flexibility index (Phi) is 4.56. The minimum atomic E-state index is -0.0150. The van der Waals surface area contributed by atoms with Gasteiger partial charge in [0.2, 0.25) is 0 Å². The van der Waals surface area contributed by atoms with E-state index in [-0.39, 0.29) is 6.04 Å². The molecule has 4 heteroatoms. The summed E-state index contributed by atoms with van der Waals surface area (Å²) in [5.41, 5.74) is 7.91. The Bertz CT molecular complexity index is 489. The van der Waals surface area contributed by atoms with Crippen LogP contribution >= 0.6 is 11.3 Å². The van der Waals surface area contributed by atoms with E-state index in [9.17, 15) is 0 Å². The van der Waals surface area contributed by atoms with Crippen LogP contribution in [0.4, 0.5) is 5.69 Å². The first-order valence-electron chi connectivity index (χ1n) is 6.58. The predicted octanol–water partition coefficient (Wildman–Crippen LogP) is 3.58. The fourth-order valence-corrected chi connectivity index (χ4v) is 2.68. The molecule has 0 aliphatic carbocycles. The number of nitrogens with two attached hydrogens (primary N) is 1. The summed E-state index contributed by atoms with van der Waals surface area (Å²) in [6, 6.07) is 8.81. The molecule has 2 N–H and O–H groups in total. The topological polar surface area (TPSA) is 42.1 Å². The van der Waals surface area contributed by atoms with Gasteiger partial charge in [-0.25, -0.2) is 0 Å². The van der Waals surface area contributed by atoms with Crippen LogP contribution in [0.1, 0.15) is 37.4 Å². The standard InChI is InChI=1S/C15H21N3S/c1-11(2)18(10-14-5-4-8-19-14)13-6-7-15(12(3)16)17-9-13/h4-9,11-12H,10,16H2,1-3H3/t12-/m1/s1. The summed E-state index contributed by atoms with van der Waals surface area (Å²) in [6.45, 7) is 7.28. The van der Waals surface area contributed by atoms with E-state index in [1.165, 1.54) is 4.88 Å². The van der Waals surface area contributed by atoms with E-state index in [1.54, 1.807) is 11.3 Å². The zero-order valence-electron chi connectivity index (χ0n) is 11.7. The maximum Gasteiger partial charge on any atom is 0.0569 e. The summed E-state index contributed by atoms with van der Waals surface area (Å²) in [5, 5.41) is 2.12. The molecule has 0 saturated carbocycles. The molecule has 0 aliphatic rings. The maximum atomic E-state index is 5.83. The van der Waals surface area contributed by atoms with Crippen LogP contribution in [0.25, 0.3) is 0 Å². The molecule has 3 nitrogen and oxygen atoms in total. The van der Waals surface area contributed by atoms with E-state index in [0.29, 0.717) is 6.04 Å². The predicted molar refractivity (Wildman–Crippen MR) is 82.5 cm³/mol. The third-order valence-electron chi connectivity index (χ3n) is 3.10.